The number of hydrogen-bond donors (Lipinski definition) is 2. The topological polar surface area (TPSA) is 128 Å². The lowest BCUT2D eigenvalue weighted by atomic mass is 10.0. The molecule has 8 nitrogen and oxygen atoms in total. The zero-order valence-corrected chi connectivity index (χ0v) is 34.9. The average Bonchev–Trinajstić information content (AvgIpc) is 3.14. The van der Waals surface area contributed by atoms with E-state index in [1.54, 1.807) is 0 Å². The number of amides is 2. The van der Waals surface area contributed by atoms with E-state index >= 15 is 0 Å². The Labute approximate surface area is 326 Å². The third-order valence-corrected chi connectivity index (χ3v) is 9.86. The van der Waals surface area contributed by atoms with Crippen LogP contribution in [0.4, 0.5) is 0 Å². The van der Waals surface area contributed by atoms with Gasteiger partial charge in [-0.05, 0) is 70.3 Å². The summed E-state index contributed by atoms with van der Waals surface area (Å²) in [6.45, 7) is 6.98. The zero-order valence-electron chi connectivity index (χ0n) is 34.9. The first-order valence-electron chi connectivity index (χ1n) is 22.3. The first-order chi connectivity index (χ1) is 25.9. The molecular formula is C45H84N4O4. The molecule has 0 aliphatic carbocycles. The summed E-state index contributed by atoms with van der Waals surface area (Å²) >= 11 is 0. The smallest absolute Gasteiger partial charge is 0.329 e. The maximum absolute atomic E-state index is 13.6. The van der Waals surface area contributed by atoms with E-state index in [0.717, 1.165) is 56.3 Å². The van der Waals surface area contributed by atoms with Crippen LogP contribution in [0.1, 0.15) is 220 Å². The number of hydrogen-bond acceptors (Lipinski definition) is 5. The van der Waals surface area contributed by atoms with Crippen molar-refractivity contribution in [1.29, 1.82) is 0 Å². The highest BCUT2D eigenvalue weighted by Crippen LogP contribution is 2.18. The van der Waals surface area contributed by atoms with E-state index in [2.05, 4.69) is 31.0 Å². The predicted octanol–water partition coefficient (Wildman–Crippen LogP) is 11.8. The molecule has 0 rings (SSSR count). The van der Waals surface area contributed by atoms with Crippen LogP contribution in [-0.4, -0.2) is 47.8 Å². The second-order valence-corrected chi connectivity index (χ2v) is 15.0. The number of guanidine groups is 1. The quantitative estimate of drug-likeness (QED) is 0.0162. The summed E-state index contributed by atoms with van der Waals surface area (Å²) in [4.78, 5) is 45.6. The highest BCUT2D eigenvalue weighted by Gasteiger charge is 2.34. The van der Waals surface area contributed by atoms with E-state index in [4.69, 9.17) is 16.2 Å². The number of nitrogens with two attached hydrogens (primary N) is 2. The van der Waals surface area contributed by atoms with Gasteiger partial charge in [-0.1, -0.05) is 167 Å². The SMILES string of the molecule is CCCCCCCC/C=C\CCCCCCCC(=O)N(C(=O)C=CCCCCCCCCCCCCCCC)[C@@H](CCCN=C(N)N)C(=O)OCCC. The van der Waals surface area contributed by atoms with Crippen LogP contribution in [0.3, 0.4) is 0 Å². The summed E-state index contributed by atoms with van der Waals surface area (Å²) in [7, 11) is 0. The molecule has 0 aliphatic heterocycles. The van der Waals surface area contributed by atoms with Crippen LogP contribution >= 0.6 is 0 Å². The Hall–Kier alpha value is -2.64. The monoisotopic (exact) mass is 745 g/mol. The van der Waals surface area contributed by atoms with Crippen molar-refractivity contribution in [3.05, 3.63) is 24.3 Å². The number of aliphatic imine (C=N–C) groups is 1. The fourth-order valence-corrected chi connectivity index (χ4v) is 6.61. The van der Waals surface area contributed by atoms with Crippen molar-refractivity contribution >= 4 is 23.7 Å². The Morgan fingerprint density at radius 1 is 0.566 bits per heavy atom. The molecule has 1 atom stereocenters. The normalized spacial score (nSPS) is 12.1. The molecule has 0 aromatic carbocycles. The molecule has 0 heterocycles. The number of allylic oxidation sites excluding steroid dienone is 3. The minimum atomic E-state index is -1.00. The Morgan fingerprint density at radius 2 is 1.00 bits per heavy atom. The predicted molar refractivity (Wildman–Crippen MR) is 226 cm³/mol. The molecule has 0 spiro atoms. The third-order valence-electron chi connectivity index (χ3n) is 9.86. The van der Waals surface area contributed by atoms with E-state index in [0.29, 0.717) is 25.8 Å². The Balaban J connectivity index is 4.88. The van der Waals surface area contributed by atoms with Crippen molar-refractivity contribution < 1.29 is 19.1 Å². The number of rotatable bonds is 38. The first kappa shape index (κ1) is 50.4. The Bertz CT molecular complexity index is 960. The van der Waals surface area contributed by atoms with Crippen molar-refractivity contribution in [3.63, 3.8) is 0 Å². The molecule has 4 N–H and O–H groups in total. The molecular weight excluding hydrogens is 661 g/mol. The van der Waals surface area contributed by atoms with Crippen LogP contribution in [0.15, 0.2) is 29.3 Å². The van der Waals surface area contributed by atoms with Crippen LogP contribution in [0, 0.1) is 0 Å². The molecule has 0 saturated carbocycles. The second-order valence-electron chi connectivity index (χ2n) is 15.0. The summed E-state index contributed by atoms with van der Waals surface area (Å²) in [6.07, 6.45) is 42.3. The summed E-state index contributed by atoms with van der Waals surface area (Å²) < 4.78 is 5.48. The fraction of sp³-hybridized carbons (Fsp3) is 0.822. The number of esters is 1. The lowest BCUT2D eigenvalue weighted by Gasteiger charge is -2.28. The molecule has 0 aliphatic rings. The second kappa shape index (κ2) is 39.1. The summed E-state index contributed by atoms with van der Waals surface area (Å²) in [6, 6.07) is -1.00. The maximum atomic E-state index is 13.6. The van der Waals surface area contributed by atoms with Crippen LogP contribution in [0.2, 0.25) is 0 Å². The Morgan fingerprint density at radius 3 is 1.45 bits per heavy atom. The summed E-state index contributed by atoms with van der Waals surface area (Å²) in [5, 5.41) is 0. The van der Waals surface area contributed by atoms with Gasteiger partial charge >= 0.3 is 5.97 Å². The highest BCUT2D eigenvalue weighted by atomic mass is 16.5. The lowest BCUT2D eigenvalue weighted by molar-refractivity contribution is -0.160. The van der Waals surface area contributed by atoms with E-state index in [1.807, 2.05) is 13.0 Å². The van der Waals surface area contributed by atoms with Crippen molar-refractivity contribution in [3.8, 4) is 0 Å². The van der Waals surface area contributed by atoms with Crippen LogP contribution in [0.25, 0.3) is 0 Å². The summed E-state index contributed by atoms with van der Waals surface area (Å²) in [5.74, 6) is -1.34. The van der Waals surface area contributed by atoms with Gasteiger partial charge < -0.3 is 16.2 Å². The molecule has 0 bridgehead atoms. The number of ether oxygens (including phenoxy) is 1. The zero-order chi connectivity index (χ0) is 39.0. The minimum absolute atomic E-state index is 0.0283. The van der Waals surface area contributed by atoms with Gasteiger partial charge in [-0.25, -0.2) is 4.79 Å². The fourth-order valence-electron chi connectivity index (χ4n) is 6.61. The number of imide groups is 1. The first-order valence-corrected chi connectivity index (χ1v) is 22.3. The van der Waals surface area contributed by atoms with Crippen molar-refractivity contribution in [2.45, 2.75) is 226 Å². The molecule has 0 saturated heterocycles. The van der Waals surface area contributed by atoms with E-state index in [-0.39, 0.29) is 31.3 Å². The number of unbranched alkanes of at least 4 members (excludes halogenated alkanes) is 24. The number of carbonyl (C=O) groups is 3. The van der Waals surface area contributed by atoms with Gasteiger partial charge in [0.15, 0.2) is 5.96 Å². The van der Waals surface area contributed by atoms with Crippen LogP contribution < -0.4 is 11.5 Å². The van der Waals surface area contributed by atoms with Gasteiger partial charge in [0, 0.05) is 13.0 Å². The molecule has 8 heteroatoms. The highest BCUT2D eigenvalue weighted by molar-refractivity contribution is 6.04. The third kappa shape index (κ3) is 32.5. The van der Waals surface area contributed by atoms with Crippen molar-refractivity contribution in [1.82, 2.24) is 4.90 Å². The van der Waals surface area contributed by atoms with Gasteiger partial charge in [-0.2, -0.15) is 0 Å². The molecule has 0 aromatic heterocycles. The van der Waals surface area contributed by atoms with E-state index in [1.165, 1.54) is 122 Å². The molecule has 0 unspecified atom stereocenters. The van der Waals surface area contributed by atoms with Gasteiger partial charge in [0.25, 0.3) is 5.91 Å². The van der Waals surface area contributed by atoms with Gasteiger partial charge in [-0.15, -0.1) is 0 Å². The summed E-state index contributed by atoms with van der Waals surface area (Å²) in [5.41, 5.74) is 11.0. The van der Waals surface area contributed by atoms with Crippen molar-refractivity contribution in [2.24, 2.45) is 16.5 Å². The van der Waals surface area contributed by atoms with E-state index in [9.17, 15) is 14.4 Å². The molecule has 308 valence electrons. The lowest BCUT2D eigenvalue weighted by Crippen LogP contribution is -2.49. The molecule has 53 heavy (non-hydrogen) atoms. The molecule has 0 radical (unpaired) electrons. The number of carbonyl (C=O) groups excluding carboxylic acids is 3. The average molecular weight is 745 g/mol. The number of nitrogens with zero attached hydrogens (tertiary/aromatic N) is 2. The van der Waals surface area contributed by atoms with Gasteiger partial charge in [0.2, 0.25) is 5.91 Å². The minimum Gasteiger partial charge on any atom is -0.464 e. The van der Waals surface area contributed by atoms with E-state index < -0.39 is 17.9 Å². The van der Waals surface area contributed by atoms with Crippen LogP contribution in [-0.2, 0) is 19.1 Å². The maximum Gasteiger partial charge on any atom is 0.329 e. The standard InChI is InChI=1S/C45H84N4O4/c1-4-7-9-11-13-15-17-19-21-23-25-27-29-31-33-37-42(50)49(41(44(52)53-40-6-3)36-35-39-48-45(46)47)43(51)38-34-32-30-28-26-24-22-20-18-16-14-12-10-8-5-2/h19,21,34,38,41H,4-18,20,22-33,35-37,39-40H2,1-3H3,(H4,46,47,48)/b21-19-,38-34?/t41-/m0/s1. The van der Waals surface area contributed by atoms with Gasteiger partial charge in [0.05, 0.1) is 6.61 Å². The Kier molecular flexibility index (Phi) is 37.1. The van der Waals surface area contributed by atoms with Gasteiger partial charge in [0.1, 0.15) is 6.04 Å². The van der Waals surface area contributed by atoms with Gasteiger partial charge in [-0.3, -0.25) is 19.5 Å². The van der Waals surface area contributed by atoms with Crippen LogP contribution in [0.5, 0.6) is 0 Å². The molecule has 0 aromatic rings. The molecule has 2 amide bonds. The molecule has 0 fully saturated rings. The largest absolute Gasteiger partial charge is 0.464 e. The van der Waals surface area contributed by atoms with Crippen molar-refractivity contribution in [2.75, 3.05) is 13.2 Å².